The number of carbonyl (C=O) groups excluding carboxylic acids is 2. The topological polar surface area (TPSA) is 94.1 Å². The van der Waals surface area contributed by atoms with Gasteiger partial charge >= 0.3 is 0 Å². The van der Waals surface area contributed by atoms with Gasteiger partial charge in [0.05, 0.1) is 30.3 Å². The number of ether oxygens (including phenoxy) is 1. The van der Waals surface area contributed by atoms with E-state index in [0.717, 1.165) is 16.0 Å². The molecule has 4 rings (SSSR count). The summed E-state index contributed by atoms with van der Waals surface area (Å²) in [5.74, 6) is 0.710. The number of nitrogens with one attached hydrogen (secondary N) is 1. The molecule has 8 heteroatoms. The molecule has 3 aromatic rings. The van der Waals surface area contributed by atoms with Gasteiger partial charge in [0.2, 0.25) is 11.8 Å². The number of carbonyl (C=O) groups is 2. The third-order valence-corrected chi connectivity index (χ3v) is 6.83. The predicted molar refractivity (Wildman–Crippen MR) is 128 cm³/mol. The van der Waals surface area contributed by atoms with E-state index in [1.165, 1.54) is 7.11 Å². The maximum atomic E-state index is 13.5. The lowest BCUT2D eigenvalue weighted by Gasteiger charge is -2.33. The number of amides is 1. The first-order chi connectivity index (χ1) is 15.8. The number of anilines is 1. The van der Waals surface area contributed by atoms with E-state index in [2.05, 4.69) is 20.5 Å². The van der Waals surface area contributed by atoms with Gasteiger partial charge in [-0.25, -0.2) is 4.98 Å². The Kier molecular flexibility index (Phi) is 6.47. The van der Waals surface area contributed by atoms with Gasteiger partial charge in [0.1, 0.15) is 5.82 Å². The molecule has 1 atom stereocenters. The first-order valence-electron chi connectivity index (χ1n) is 10.7. The second kappa shape index (κ2) is 9.31. The maximum absolute atomic E-state index is 13.5. The second-order valence-corrected chi connectivity index (χ2v) is 9.22. The molecule has 170 valence electrons. The highest BCUT2D eigenvalue weighted by atomic mass is 32.2. The third kappa shape index (κ3) is 4.61. The molecule has 0 fully saturated rings. The van der Waals surface area contributed by atoms with Crippen molar-refractivity contribution in [1.29, 1.82) is 0 Å². The lowest BCUT2D eigenvalue weighted by molar-refractivity contribution is -0.115. The van der Waals surface area contributed by atoms with Crippen LogP contribution in [0.4, 0.5) is 5.82 Å². The van der Waals surface area contributed by atoms with Crippen LogP contribution in [0.5, 0.6) is 5.88 Å². The summed E-state index contributed by atoms with van der Waals surface area (Å²) >= 11 is 1.66. The smallest absolute Gasteiger partial charge is 0.233 e. The SMILES string of the molecule is COc1ccc(C2(C)CCc3nc(NC(=O)Cc4ccc(SC)cc4)cc(C)c3C2=O)nn1. The third-order valence-electron chi connectivity index (χ3n) is 6.09. The molecule has 0 saturated carbocycles. The van der Waals surface area contributed by atoms with Crippen LogP contribution in [-0.4, -0.2) is 40.2 Å². The Morgan fingerprint density at radius 1 is 1.18 bits per heavy atom. The summed E-state index contributed by atoms with van der Waals surface area (Å²) in [7, 11) is 1.53. The second-order valence-electron chi connectivity index (χ2n) is 8.34. The quantitative estimate of drug-likeness (QED) is 0.549. The lowest BCUT2D eigenvalue weighted by atomic mass is 9.70. The van der Waals surface area contributed by atoms with E-state index < -0.39 is 5.41 Å². The van der Waals surface area contributed by atoms with Crippen molar-refractivity contribution in [2.24, 2.45) is 0 Å². The summed E-state index contributed by atoms with van der Waals surface area (Å²) in [4.78, 5) is 31.8. The average Bonchev–Trinajstić information content (AvgIpc) is 2.82. The number of nitrogens with zero attached hydrogens (tertiary/aromatic N) is 3. The number of benzene rings is 1. The monoisotopic (exact) mass is 462 g/mol. The van der Waals surface area contributed by atoms with Gasteiger partial charge in [0, 0.05) is 16.5 Å². The van der Waals surface area contributed by atoms with E-state index in [0.29, 0.717) is 41.5 Å². The molecule has 0 bridgehead atoms. The van der Waals surface area contributed by atoms with Crippen LogP contribution in [0.3, 0.4) is 0 Å². The van der Waals surface area contributed by atoms with Crippen LogP contribution >= 0.6 is 11.8 Å². The average molecular weight is 463 g/mol. The largest absolute Gasteiger partial charge is 0.480 e. The van der Waals surface area contributed by atoms with Crippen LogP contribution in [0.2, 0.25) is 0 Å². The van der Waals surface area contributed by atoms with Gasteiger partial charge in [-0.2, -0.15) is 5.10 Å². The zero-order chi connectivity index (χ0) is 23.6. The van der Waals surface area contributed by atoms with Crippen molar-refractivity contribution >= 4 is 29.3 Å². The van der Waals surface area contributed by atoms with Gasteiger partial charge in [-0.05, 0) is 68.3 Å². The first-order valence-corrected chi connectivity index (χ1v) is 11.9. The zero-order valence-corrected chi connectivity index (χ0v) is 20.0. The van der Waals surface area contributed by atoms with Crippen molar-refractivity contribution in [3.05, 3.63) is 70.5 Å². The normalized spacial score (nSPS) is 17.4. The van der Waals surface area contributed by atoms with Crippen molar-refractivity contribution in [2.75, 3.05) is 18.7 Å². The Hall–Kier alpha value is -3.26. The number of aromatic nitrogens is 3. The molecule has 0 saturated heterocycles. The summed E-state index contributed by atoms with van der Waals surface area (Å²) in [6.07, 6.45) is 3.45. The Labute approximate surface area is 197 Å². The summed E-state index contributed by atoms with van der Waals surface area (Å²) in [6, 6.07) is 13.2. The molecular weight excluding hydrogens is 436 g/mol. The molecule has 1 aliphatic carbocycles. The molecular formula is C25H26N4O3S. The van der Waals surface area contributed by atoms with Crippen LogP contribution in [0.25, 0.3) is 0 Å². The molecule has 1 N–H and O–H groups in total. The molecule has 1 unspecified atom stereocenters. The standard InChI is InChI=1S/C25H26N4O3S/c1-15-13-20(27-21(30)14-16-5-7-17(33-4)8-6-16)26-18-11-12-25(2,24(31)23(15)18)19-9-10-22(32-3)29-28-19/h5-10,13H,11-12,14H2,1-4H3,(H,26,27,30). The number of methoxy groups -OCH3 is 1. The molecule has 33 heavy (non-hydrogen) atoms. The number of fused-ring (bicyclic) bond motifs is 1. The number of aryl methyl sites for hydroxylation is 2. The zero-order valence-electron chi connectivity index (χ0n) is 19.1. The van der Waals surface area contributed by atoms with Crippen LogP contribution in [0, 0.1) is 6.92 Å². The number of pyridine rings is 1. The lowest BCUT2D eigenvalue weighted by Crippen LogP contribution is -2.39. The van der Waals surface area contributed by atoms with Crippen molar-refractivity contribution < 1.29 is 14.3 Å². The molecule has 1 amide bonds. The summed E-state index contributed by atoms with van der Waals surface area (Å²) in [6.45, 7) is 3.77. The summed E-state index contributed by atoms with van der Waals surface area (Å²) in [5.41, 5.74) is 2.87. The molecule has 1 aromatic carbocycles. The van der Waals surface area contributed by atoms with Crippen molar-refractivity contribution in [2.45, 2.75) is 43.4 Å². The Balaban J connectivity index is 1.53. The van der Waals surface area contributed by atoms with Gasteiger partial charge in [-0.15, -0.1) is 16.9 Å². The van der Waals surface area contributed by atoms with Gasteiger partial charge in [-0.3, -0.25) is 9.59 Å². The fourth-order valence-corrected chi connectivity index (χ4v) is 4.54. The van der Waals surface area contributed by atoms with E-state index in [4.69, 9.17) is 4.74 Å². The van der Waals surface area contributed by atoms with Gasteiger partial charge in [0.25, 0.3) is 0 Å². The van der Waals surface area contributed by atoms with E-state index in [1.54, 1.807) is 30.0 Å². The number of hydrogen-bond donors (Lipinski definition) is 1. The fourth-order valence-electron chi connectivity index (χ4n) is 4.13. The van der Waals surface area contributed by atoms with Crippen molar-refractivity contribution in [1.82, 2.24) is 15.2 Å². The van der Waals surface area contributed by atoms with Gasteiger partial charge in [0.15, 0.2) is 5.78 Å². The van der Waals surface area contributed by atoms with Crippen LogP contribution in [0.15, 0.2) is 47.4 Å². The minimum absolute atomic E-state index is 0.0278. The number of Topliss-reactive ketones (excluding diaryl/α,β-unsaturated/α-hetero) is 1. The van der Waals surface area contributed by atoms with Crippen molar-refractivity contribution in [3.8, 4) is 5.88 Å². The molecule has 0 spiro atoms. The van der Waals surface area contributed by atoms with Crippen LogP contribution in [0.1, 0.15) is 46.2 Å². The maximum Gasteiger partial charge on any atom is 0.233 e. The molecule has 0 aliphatic heterocycles. The fraction of sp³-hybridized carbons (Fsp3) is 0.320. The Morgan fingerprint density at radius 2 is 1.94 bits per heavy atom. The highest BCUT2D eigenvalue weighted by molar-refractivity contribution is 7.98. The molecule has 2 aromatic heterocycles. The molecule has 2 heterocycles. The predicted octanol–water partition coefficient (Wildman–Crippen LogP) is 4.18. The highest BCUT2D eigenvalue weighted by Crippen LogP contribution is 2.38. The molecule has 1 aliphatic rings. The van der Waals surface area contributed by atoms with Gasteiger partial charge in [-0.1, -0.05) is 12.1 Å². The number of rotatable bonds is 6. The van der Waals surface area contributed by atoms with Gasteiger partial charge < -0.3 is 10.1 Å². The number of hydrogen-bond acceptors (Lipinski definition) is 7. The van der Waals surface area contributed by atoms with E-state index in [-0.39, 0.29) is 18.1 Å². The Bertz CT molecular complexity index is 1200. The van der Waals surface area contributed by atoms with Crippen molar-refractivity contribution in [3.63, 3.8) is 0 Å². The first kappa shape index (κ1) is 22.9. The number of ketones is 1. The molecule has 0 radical (unpaired) electrons. The van der Waals surface area contributed by atoms with Crippen LogP contribution in [-0.2, 0) is 23.1 Å². The minimum Gasteiger partial charge on any atom is -0.480 e. The Morgan fingerprint density at radius 3 is 2.58 bits per heavy atom. The van der Waals surface area contributed by atoms with E-state index >= 15 is 0 Å². The molecule has 7 nitrogen and oxygen atoms in total. The summed E-state index contributed by atoms with van der Waals surface area (Å²) < 4.78 is 5.08. The van der Waals surface area contributed by atoms with E-state index in [9.17, 15) is 9.59 Å². The van der Waals surface area contributed by atoms with Crippen LogP contribution < -0.4 is 10.1 Å². The van der Waals surface area contributed by atoms with E-state index in [1.807, 2.05) is 44.4 Å². The number of thioether (sulfide) groups is 1. The highest BCUT2D eigenvalue weighted by Gasteiger charge is 2.43. The summed E-state index contributed by atoms with van der Waals surface area (Å²) in [5, 5.41) is 11.2. The minimum atomic E-state index is -0.785.